The van der Waals surface area contributed by atoms with Gasteiger partial charge < -0.3 is 5.32 Å². The number of hydrogen-bond acceptors (Lipinski definition) is 5. The molecule has 1 aliphatic heterocycles. The predicted molar refractivity (Wildman–Crippen MR) is 101 cm³/mol. The summed E-state index contributed by atoms with van der Waals surface area (Å²) in [5.74, 6) is 0.00292. The molecule has 136 valence electrons. The minimum atomic E-state index is -0.300. The van der Waals surface area contributed by atoms with Gasteiger partial charge in [-0.1, -0.05) is 0 Å². The Morgan fingerprint density at radius 3 is 2.85 bits per heavy atom. The van der Waals surface area contributed by atoms with Crippen LogP contribution in [0.2, 0.25) is 0 Å². The molecule has 0 amide bonds. The molecule has 1 N–H and O–H groups in total. The molecule has 6 nitrogen and oxygen atoms in total. The van der Waals surface area contributed by atoms with Crippen LogP contribution >= 0.6 is 0 Å². The molecule has 27 heavy (non-hydrogen) atoms. The number of benzene rings is 1. The monoisotopic (exact) mass is 362 g/mol. The Hall–Kier alpha value is -2.93. The number of halogens is 1. The Balaban J connectivity index is 1.62. The summed E-state index contributed by atoms with van der Waals surface area (Å²) >= 11 is 0. The first-order chi connectivity index (χ1) is 13.1. The van der Waals surface area contributed by atoms with E-state index in [0.29, 0.717) is 28.1 Å². The van der Waals surface area contributed by atoms with Gasteiger partial charge in [0.2, 0.25) is 0 Å². The first-order valence-electron chi connectivity index (χ1n) is 9.10. The van der Waals surface area contributed by atoms with Crippen LogP contribution in [0.25, 0.3) is 27.8 Å². The fourth-order valence-corrected chi connectivity index (χ4v) is 3.76. The van der Waals surface area contributed by atoms with Gasteiger partial charge in [0, 0.05) is 23.4 Å². The standard InChI is InChI=1S/C20H19FN6/c1-11-5-18(26-27-10-12(2)23-20(11)27)14-6-16(21)15-8-17(13-3-4-22-9-13)24-25-19(15)7-14/h5-8,10,13,22H,3-4,9H2,1-2H3. The second-order valence-corrected chi connectivity index (χ2v) is 7.21. The maximum Gasteiger partial charge on any atom is 0.156 e. The van der Waals surface area contributed by atoms with Gasteiger partial charge in [0.25, 0.3) is 0 Å². The van der Waals surface area contributed by atoms with E-state index in [4.69, 9.17) is 0 Å². The first kappa shape index (κ1) is 16.3. The van der Waals surface area contributed by atoms with Crippen molar-refractivity contribution in [3.8, 4) is 11.3 Å². The predicted octanol–water partition coefficient (Wildman–Crippen LogP) is 3.17. The molecule has 5 rings (SSSR count). The Kier molecular flexibility index (Phi) is 3.65. The third kappa shape index (κ3) is 2.75. The van der Waals surface area contributed by atoms with Crippen LogP contribution in [0.3, 0.4) is 0 Å². The molecular formula is C20H19FN6. The van der Waals surface area contributed by atoms with Crippen LogP contribution in [0.15, 0.2) is 30.5 Å². The molecule has 1 saturated heterocycles. The van der Waals surface area contributed by atoms with Gasteiger partial charge in [-0.2, -0.15) is 15.3 Å². The zero-order valence-electron chi connectivity index (χ0n) is 15.2. The average molecular weight is 362 g/mol. The molecule has 4 heterocycles. The van der Waals surface area contributed by atoms with Gasteiger partial charge in [-0.15, -0.1) is 0 Å². The molecule has 1 aliphatic rings. The molecule has 0 spiro atoms. The summed E-state index contributed by atoms with van der Waals surface area (Å²) < 4.78 is 16.6. The summed E-state index contributed by atoms with van der Waals surface area (Å²) in [5, 5.41) is 17.0. The van der Waals surface area contributed by atoms with Crippen molar-refractivity contribution in [1.29, 1.82) is 0 Å². The van der Waals surface area contributed by atoms with E-state index in [2.05, 4.69) is 25.6 Å². The van der Waals surface area contributed by atoms with Crippen LogP contribution in [0.4, 0.5) is 4.39 Å². The highest BCUT2D eigenvalue weighted by Crippen LogP contribution is 2.28. The van der Waals surface area contributed by atoms with Gasteiger partial charge in [0.05, 0.1) is 28.8 Å². The minimum Gasteiger partial charge on any atom is -0.316 e. The van der Waals surface area contributed by atoms with E-state index < -0.39 is 0 Å². The molecule has 0 saturated carbocycles. The Morgan fingerprint density at radius 2 is 2.04 bits per heavy atom. The van der Waals surface area contributed by atoms with Gasteiger partial charge in [0.15, 0.2) is 5.65 Å². The summed E-state index contributed by atoms with van der Waals surface area (Å²) in [6, 6.07) is 7.13. The summed E-state index contributed by atoms with van der Waals surface area (Å²) in [6.45, 7) is 5.74. The van der Waals surface area contributed by atoms with E-state index in [-0.39, 0.29) is 5.82 Å². The SMILES string of the molecule is Cc1cn2nc(-c3cc(F)c4cc(C5CCNC5)nnc4c3)cc(C)c2n1. The maximum absolute atomic E-state index is 14.9. The van der Waals surface area contributed by atoms with E-state index in [0.717, 1.165) is 42.1 Å². The molecule has 1 atom stereocenters. The number of fused-ring (bicyclic) bond motifs is 2. The molecule has 0 aliphatic carbocycles. The van der Waals surface area contributed by atoms with Crippen LogP contribution in [0.5, 0.6) is 0 Å². The van der Waals surface area contributed by atoms with Crippen molar-refractivity contribution in [2.45, 2.75) is 26.2 Å². The lowest BCUT2D eigenvalue weighted by molar-refractivity contribution is 0.638. The number of imidazole rings is 1. The molecule has 4 aromatic rings. The highest BCUT2D eigenvalue weighted by atomic mass is 19.1. The zero-order chi connectivity index (χ0) is 18.5. The van der Waals surface area contributed by atoms with Crippen molar-refractivity contribution in [2.75, 3.05) is 13.1 Å². The van der Waals surface area contributed by atoms with Crippen molar-refractivity contribution < 1.29 is 4.39 Å². The normalized spacial score (nSPS) is 17.2. The number of aryl methyl sites for hydroxylation is 2. The third-order valence-corrected chi connectivity index (χ3v) is 5.18. The van der Waals surface area contributed by atoms with Crippen LogP contribution in [-0.4, -0.2) is 37.9 Å². The topological polar surface area (TPSA) is 68.0 Å². The maximum atomic E-state index is 14.9. The highest BCUT2D eigenvalue weighted by Gasteiger charge is 2.20. The molecule has 3 aromatic heterocycles. The summed E-state index contributed by atoms with van der Waals surface area (Å²) in [7, 11) is 0. The van der Waals surface area contributed by atoms with Gasteiger partial charge in [0.1, 0.15) is 5.82 Å². The van der Waals surface area contributed by atoms with E-state index in [1.807, 2.05) is 38.2 Å². The number of hydrogen-bond donors (Lipinski definition) is 1. The third-order valence-electron chi connectivity index (χ3n) is 5.18. The lowest BCUT2D eigenvalue weighted by atomic mass is 10.0. The number of nitrogens with zero attached hydrogens (tertiary/aromatic N) is 5. The minimum absolute atomic E-state index is 0.300. The van der Waals surface area contributed by atoms with E-state index >= 15 is 0 Å². The number of rotatable bonds is 2. The highest BCUT2D eigenvalue weighted by molar-refractivity contribution is 5.84. The lowest BCUT2D eigenvalue weighted by Crippen LogP contribution is -2.09. The van der Waals surface area contributed by atoms with E-state index in [9.17, 15) is 4.39 Å². The molecular weight excluding hydrogens is 343 g/mol. The Labute approximate surface area is 155 Å². The van der Waals surface area contributed by atoms with Crippen molar-refractivity contribution in [3.63, 3.8) is 0 Å². The number of nitrogens with one attached hydrogen (secondary N) is 1. The molecule has 1 unspecified atom stereocenters. The first-order valence-corrected chi connectivity index (χ1v) is 9.10. The lowest BCUT2D eigenvalue weighted by Gasteiger charge is -2.10. The Bertz CT molecular complexity index is 1180. The second kappa shape index (κ2) is 6.06. The van der Waals surface area contributed by atoms with Crippen LogP contribution in [0.1, 0.15) is 29.3 Å². The summed E-state index contributed by atoms with van der Waals surface area (Å²) in [4.78, 5) is 4.46. The quantitative estimate of drug-likeness (QED) is 0.593. The van der Waals surface area contributed by atoms with E-state index in [1.54, 1.807) is 4.52 Å². The smallest absolute Gasteiger partial charge is 0.156 e. The largest absolute Gasteiger partial charge is 0.316 e. The molecule has 1 fully saturated rings. The van der Waals surface area contributed by atoms with Gasteiger partial charge in [-0.3, -0.25) is 0 Å². The van der Waals surface area contributed by atoms with Crippen molar-refractivity contribution in [3.05, 3.63) is 53.2 Å². The molecule has 0 radical (unpaired) electrons. The van der Waals surface area contributed by atoms with Crippen LogP contribution in [0, 0.1) is 19.7 Å². The fourth-order valence-electron chi connectivity index (χ4n) is 3.76. The summed E-state index contributed by atoms with van der Waals surface area (Å²) in [6.07, 6.45) is 2.87. The zero-order valence-corrected chi connectivity index (χ0v) is 15.2. The van der Waals surface area contributed by atoms with E-state index in [1.165, 1.54) is 6.07 Å². The van der Waals surface area contributed by atoms with Crippen molar-refractivity contribution in [1.82, 2.24) is 30.1 Å². The van der Waals surface area contributed by atoms with Gasteiger partial charge >= 0.3 is 0 Å². The summed E-state index contributed by atoms with van der Waals surface area (Å²) in [5.41, 5.74) is 5.46. The average Bonchev–Trinajstić information content (AvgIpc) is 3.30. The van der Waals surface area contributed by atoms with Gasteiger partial charge in [-0.05, 0) is 56.6 Å². The van der Waals surface area contributed by atoms with Crippen LogP contribution in [-0.2, 0) is 0 Å². The van der Waals surface area contributed by atoms with Gasteiger partial charge in [-0.25, -0.2) is 13.9 Å². The molecule has 0 bridgehead atoms. The van der Waals surface area contributed by atoms with Crippen LogP contribution < -0.4 is 5.32 Å². The number of aromatic nitrogens is 5. The van der Waals surface area contributed by atoms with Crippen molar-refractivity contribution in [2.24, 2.45) is 0 Å². The van der Waals surface area contributed by atoms with Crippen molar-refractivity contribution >= 4 is 16.6 Å². The molecule has 1 aromatic carbocycles. The second-order valence-electron chi connectivity index (χ2n) is 7.21. The fraction of sp³-hybridized carbons (Fsp3) is 0.300. The molecule has 7 heteroatoms. The Morgan fingerprint density at radius 1 is 1.15 bits per heavy atom.